The van der Waals surface area contributed by atoms with E-state index in [-0.39, 0.29) is 132 Å². The standard InChI is InChI=1S/C37H46N8O6S.C35H44N8O6S.C33H40N8O6S/c1-40-26-32(23-39-40)52(49,50)43-19-9-13-30(25-43)45-34(29-11-4-2-5-12-29)35(36(47)42-20-15-38-16-21-42)44(37(45)48)24-28-10-8-14-31(22-28)51-27-33(46)41-17-6-3-7-18-41;1-25(2)38-31(44)24-49-29-13-7-9-26(19-29)21-42-33(34(45)40-17-14-36-15-18-40)32(27-10-5-4-6-11-27)43(35(42)46)28-12-8-16-41(22-28)50(47,48)30-20-37-39(3)23-30;1-34-29(42)23-47-27-12-6-8-24(18-27)20-40-31(32(43)38-16-13-35-14-17-38)30(25-9-4-3-5-10-25)41(33(40)44)26-11-7-15-39(21-26)48(45,46)28-19-36-37(2)22-28/h2,4-5,8,10-12,14,22-23,26,30,38H,3,6-7,9,13,15-21,24-25,27H2,1H3;4-7,9-11,13,19-20,23,25,28,36H,8,12,14-18,21-22,24H2,1-3H3,(H,38,44);3-6,8-10,12,18-19,22,26,35H,7,11,13-17,20-21,23H2,1-2H3,(H,34,42). The average Bonchev–Trinajstić information content (AvgIpc) is 1.59. The van der Waals surface area contributed by atoms with Crippen molar-refractivity contribution in [2.45, 2.75) is 130 Å². The van der Waals surface area contributed by atoms with Crippen LogP contribution in [0, 0.1) is 0 Å². The van der Waals surface area contributed by atoms with Crippen LogP contribution in [0.2, 0.25) is 0 Å². The summed E-state index contributed by atoms with van der Waals surface area (Å²) >= 11 is 0. The Kier molecular flexibility index (Phi) is 34.4. The van der Waals surface area contributed by atoms with Gasteiger partial charge < -0.3 is 60.4 Å². The number of likely N-dealkylation sites (N-methyl/N-ethyl adjacent to an activating group) is 1. The van der Waals surface area contributed by atoms with E-state index in [9.17, 15) is 68.4 Å². The number of aryl methyl sites for hydroxylation is 3. The Hall–Kier alpha value is -14.2. The number of hydrogen-bond acceptors (Lipinski definition) is 24. The minimum Gasteiger partial charge on any atom is -0.484 e. The largest absolute Gasteiger partial charge is 0.484 e. The maximum atomic E-state index is 14.9. The predicted molar refractivity (Wildman–Crippen MR) is 560 cm³/mol. The molecule has 45 heteroatoms. The smallest absolute Gasteiger partial charge is 0.329 e. The summed E-state index contributed by atoms with van der Waals surface area (Å²) in [5, 5.41) is 27.3. The van der Waals surface area contributed by atoms with Crippen LogP contribution in [0.3, 0.4) is 0 Å². The molecule has 13 heterocycles. The number of rotatable bonds is 31. The highest BCUT2D eigenvalue weighted by atomic mass is 32.2. The Bertz CT molecular complexity index is 7370. The van der Waals surface area contributed by atoms with Crippen molar-refractivity contribution in [3.63, 3.8) is 0 Å². The van der Waals surface area contributed by atoms with Crippen LogP contribution in [-0.2, 0) is 85.2 Å². The maximum Gasteiger partial charge on any atom is 0.329 e. The van der Waals surface area contributed by atoms with Gasteiger partial charge in [0.05, 0.1) is 73.4 Å². The number of nitrogens with one attached hydrogen (secondary N) is 5. The molecule has 7 aliphatic rings. The van der Waals surface area contributed by atoms with E-state index in [0.717, 1.165) is 37.9 Å². The number of amides is 6. The van der Waals surface area contributed by atoms with Gasteiger partial charge in [-0.2, -0.15) is 28.2 Å². The van der Waals surface area contributed by atoms with Crippen molar-refractivity contribution in [3.05, 3.63) is 266 Å². The third-order valence-corrected chi connectivity index (χ3v) is 33.3. The van der Waals surface area contributed by atoms with Crippen LogP contribution in [-0.4, -0.2) is 314 Å². The van der Waals surface area contributed by atoms with Gasteiger partial charge in [-0.25, -0.2) is 39.6 Å². The fourth-order valence-electron chi connectivity index (χ4n) is 20.4. The van der Waals surface area contributed by atoms with Crippen LogP contribution in [0.1, 0.15) is 138 Å². The van der Waals surface area contributed by atoms with Gasteiger partial charge in [0.1, 0.15) is 49.0 Å². The number of piperidine rings is 4. The first-order valence-electron chi connectivity index (χ1n) is 51.0. The van der Waals surface area contributed by atoms with E-state index < -0.39 is 65.3 Å². The topological polar surface area (TPSA) is 450 Å². The normalized spacial score (nSPS) is 17.8. The van der Waals surface area contributed by atoms with Crippen molar-refractivity contribution in [1.82, 2.24) is 116 Å². The molecule has 19 rings (SSSR count). The van der Waals surface area contributed by atoms with Crippen LogP contribution in [0.5, 0.6) is 17.2 Å². The zero-order valence-corrected chi connectivity index (χ0v) is 87.6. The number of nitrogens with zero attached hydrogens (tertiary/aromatic N) is 19. The monoisotopic (exact) mass is 2110 g/mol. The third kappa shape index (κ3) is 24.6. The molecule has 3 unspecified atom stereocenters. The van der Waals surface area contributed by atoms with Gasteiger partial charge in [-0.1, -0.05) is 127 Å². The molecule has 3 atom stereocenters. The van der Waals surface area contributed by atoms with Crippen molar-refractivity contribution in [3.8, 4) is 51.0 Å². The van der Waals surface area contributed by atoms with Gasteiger partial charge in [0, 0.05) is 200 Å². The van der Waals surface area contributed by atoms with E-state index in [2.05, 4.69) is 41.9 Å². The molecule has 6 amide bonds. The van der Waals surface area contributed by atoms with Crippen molar-refractivity contribution in [2.24, 2.45) is 21.1 Å². The van der Waals surface area contributed by atoms with Gasteiger partial charge in [0.15, 0.2) is 19.8 Å². The van der Waals surface area contributed by atoms with Crippen molar-refractivity contribution in [1.29, 1.82) is 0 Å². The summed E-state index contributed by atoms with van der Waals surface area (Å²) in [6.07, 6.45) is 14.8. The fraction of sp³-hybridized carbons (Fsp3) is 0.429. The number of ether oxygens (including phenoxy) is 3. The van der Waals surface area contributed by atoms with E-state index in [0.29, 0.717) is 199 Å². The Morgan fingerprint density at radius 1 is 0.373 bits per heavy atom. The number of sulfonamides is 3. The van der Waals surface area contributed by atoms with Gasteiger partial charge in [-0.3, -0.25) is 70.2 Å². The molecule has 0 radical (unpaired) electrons. The van der Waals surface area contributed by atoms with Gasteiger partial charge in [-0.15, -0.1) is 0 Å². The lowest BCUT2D eigenvalue weighted by Gasteiger charge is -2.33. The minimum atomic E-state index is -3.88. The highest BCUT2D eigenvalue weighted by Gasteiger charge is 2.43. The number of carbonyl (C=O) groups excluding carboxylic acids is 6. The Morgan fingerprint density at radius 3 is 0.973 bits per heavy atom. The molecule has 0 bridgehead atoms. The second kappa shape index (κ2) is 48.2. The molecule has 0 spiro atoms. The molecule has 6 aromatic carbocycles. The summed E-state index contributed by atoms with van der Waals surface area (Å²) in [7, 11) is -5.11. The number of hydrogen-bond donors (Lipinski definition) is 5. The van der Waals surface area contributed by atoms with Crippen molar-refractivity contribution >= 4 is 65.5 Å². The van der Waals surface area contributed by atoms with Crippen LogP contribution in [0.25, 0.3) is 33.8 Å². The summed E-state index contributed by atoms with van der Waals surface area (Å²) < 4.78 is 118. The second-order valence-corrected chi connectivity index (χ2v) is 44.5. The summed E-state index contributed by atoms with van der Waals surface area (Å²) in [4.78, 5) is 132. The Morgan fingerprint density at radius 2 is 0.680 bits per heavy atom. The molecular formula is C105H130N24O18S3. The molecule has 7 aliphatic heterocycles. The average molecular weight is 2110 g/mol. The van der Waals surface area contributed by atoms with Crippen LogP contribution >= 0.6 is 0 Å². The highest BCUT2D eigenvalue weighted by Crippen LogP contribution is 2.39. The number of benzene rings is 6. The SMILES string of the molecule is CC(C)NC(=O)COc1cccc(Cn2c(C(=O)N3CCNCC3)c(-c3ccccc3)n(C3CCCN(S(=O)(=O)c4cnn(C)c4)C3)c2=O)c1.CNC(=O)COc1cccc(Cn2c(C(=O)N3CCNCC3)c(-c3ccccc3)n(C3CCCN(S(=O)(=O)c4cnn(C)c4)C3)c2=O)c1.Cn1cc(S(=O)(=O)N2CCCC(n3c(-c4ccccc4)c(C(=O)N4CCNCC4)n(Cc4cccc(OCC(=O)N5CCCCC5)c4)c3=O)C2)cn1. The quantitative estimate of drug-likeness (QED) is 0.0336. The number of piperazine rings is 3. The molecule has 0 aliphatic carbocycles. The van der Waals surface area contributed by atoms with Crippen LogP contribution in [0.15, 0.2) is 230 Å². The molecule has 42 nitrogen and oxygen atoms in total. The highest BCUT2D eigenvalue weighted by molar-refractivity contribution is 7.89. The number of imidazole rings is 3. The lowest BCUT2D eigenvalue weighted by atomic mass is 10.0. The summed E-state index contributed by atoms with van der Waals surface area (Å²) in [5.74, 6) is 0.0225. The zero-order valence-electron chi connectivity index (χ0n) is 85.2. The number of carbonyl (C=O) groups is 6. The lowest BCUT2D eigenvalue weighted by Crippen LogP contribution is -2.47. The fourth-order valence-corrected chi connectivity index (χ4v) is 24.9. The Labute approximate surface area is 870 Å². The predicted octanol–water partition coefficient (Wildman–Crippen LogP) is 5.93. The van der Waals surface area contributed by atoms with E-state index in [4.69, 9.17) is 14.2 Å². The first-order chi connectivity index (χ1) is 72.4. The first kappa shape index (κ1) is 107. The van der Waals surface area contributed by atoms with Crippen LogP contribution < -0.4 is 57.9 Å². The van der Waals surface area contributed by atoms with E-state index in [1.807, 2.05) is 134 Å². The second-order valence-electron chi connectivity index (χ2n) is 38.7. The lowest BCUT2D eigenvalue weighted by molar-refractivity contribution is -0.134. The van der Waals surface area contributed by atoms with Crippen molar-refractivity contribution < 1.29 is 68.2 Å². The minimum absolute atomic E-state index is 0.0227. The van der Waals surface area contributed by atoms with E-state index in [1.165, 1.54) is 84.9 Å². The summed E-state index contributed by atoms with van der Waals surface area (Å²) in [5.41, 5.74) is 5.11. The molecule has 6 aromatic heterocycles. The number of likely N-dealkylation sites (tertiary alicyclic amines) is 1. The van der Waals surface area contributed by atoms with Crippen molar-refractivity contribution in [2.75, 3.05) is 158 Å². The number of aromatic nitrogens is 12. The third-order valence-electron chi connectivity index (χ3n) is 27.9. The summed E-state index contributed by atoms with van der Waals surface area (Å²) in [6.45, 7) is 12.8. The molecule has 5 N–H and O–H groups in total. The molecule has 7 fully saturated rings. The van der Waals surface area contributed by atoms with Gasteiger partial charge in [-0.05, 0) is 125 Å². The molecular weight excluding hydrogens is 1980 g/mol. The van der Waals surface area contributed by atoms with Gasteiger partial charge >= 0.3 is 17.1 Å². The van der Waals surface area contributed by atoms with Crippen LogP contribution in [0.4, 0.5) is 0 Å². The molecule has 796 valence electrons. The molecule has 0 saturated carbocycles. The van der Waals surface area contributed by atoms with E-state index >= 15 is 0 Å². The van der Waals surface area contributed by atoms with Gasteiger partial charge in [0.25, 0.3) is 35.4 Å². The maximum absolute atomic E-state index is 14.9. The summed E-state index contributed by atoms with van der Waals surface area (Å²) in [6, 6.07) is 47.8. The molecule has 7 saturated heterocycles. The van der Waals surface area contributed by atoms with Gasteiger partial charge in [0.2, 0.25) is 30.1 Å². The zero-order chi connectivity index (χ0) is 105. The van der Waals surface area contributed by atoms with E-state index in [1.54, 1.807) is 98.1 Å². The molecule has 12 aromatic rings. The first-order valence-corrected chi connectivity index (χ1v) is 55.3. The Balaban J connectivity index is 0.000000153. The molecule has 150 heavy (non-hydrogen) atoms.